The number of aryl methyl sites for hydroxylation is 1. The molecule has 2 rings (SSSR count). The van der Waals surface area contributed by atoms with E-state index >= 15 is 0 Å². The van der Waals surface area contributed by atoms with Crippen molar-refractivity contribution in [3.05, 3.63) is 53.9 Å². The first-order valence-electron chi connectivity index (χ1n) is 6.05. The molecule has 0 aliphatic heterocycles. The summed E-state index contributed by atoms with van der Waals surface area (Å²) in [7, 11) is 0. The molecular formula is C14H13F3N2O. The Morgan fingerprint density at radius 3 is 2.55 bits per heavy atom. The van der Waals surface area contributed by atoms with Crippen molar-refractivity contribution >= 4 is 11.6 Å². The van der Waals surface area contributed by atoms with Crippen LogP contribution in [0.15, 0.2) is 42.6 Å². The molecule has 0 atom stereocenters. The molecule has 0 saturated carbocycles. The number of hydrogen-bond acceptors (Lipinski definition) is 1. The summed E-state index contributed by atoms with van der Waals surface area (Å²) in [6, 6.07) is 8.55. The van der Waals surface area contributed by atoms with Gasteiger partial charge >= 0.3 is 6.18 Å². The van der Waals surface area contributed by atoms with Gasteiger partial charge < -0.3 is 10.3 Å². The lowest BCUT2D eigenvalue weighted by molar-refractivity contribution is -0.137. The van der Waals surface area contributed by atoms with Crippen molar-refractivity contribution in [3.8, 4) is 0 Å². The van der Waals surface area contributed by atoms with E-state index in [4.69, 9.17) is 0 Å². The average molecular weight is 282 g/mol. The lowest BCUT2D eigenvalue weighted by Crippen LogP contribution is -2.16. The molecule has 1 aromatic carbocycles. The predicted octanol–water partition coefficient (Wildman–Crippen LogP) is 3.60. The Morgan fingerprint density at radius 2 is 1.90 bits per heavy atom. The van der Waals surface area contributed by atoms with Gasteiger partial charge in [0.2, 0.25) is 5.91 Å². The summed E-state index contributed by atoms with van der Waals surface area (Å²) in [5, 5.41) is 2.31. The van der Waals surface area contributed by atoms with Gasteiger partial charge in [0, 0.05) is 18.3 Å². The zero-order valence-corrected chi connectivity index (χ0v) is 10.5. The van der Waals surface area contributed by atoms with Gasteiger partial charge in [-0.15, -0.1) is 0 Å². The van der Waals surface area contributed by atoms with Crippen LogP contribution in [0.5, 0.6) is 0 Å². The minimum Gasteiger partial charge on any atom is -0.365 e. The predicted molar refractivity (Wildman–Crippen MR) is 69.2 cm³/mol. The summed E-state index contributed by atoms with van der Waals surface area (Å²) >= 11 is 0. The fourth-order valence-electron chi connectivity index (χ4n) is 1.82. The van der Waals surface area contributed by atoms with Crippen LogP contribution in [-0.4, -0.2) is 10.9 Å². The van der Waals surface area contributed by atoms with Gasteiger partial charge in [0.25, 0.3) is 0 Å². The number of hydrogen-bond donors (Lipinski definition) is 2. The highest BCUT2D eigenvalue weighted by atomic mass is 19.4. The first-order chi connectivity index (χ1) is 9.47. The highest BCUT2D eigenvalue weighted by Gasteiger charge is 2.33. The monoisotopic (exact) mass is 282 g/mol. The van der Waals surface area contributed by atoms with Gasteiger partial charge in [0.15, 0.2) is 0 Å². The van der Waals surface area contributed by atoms with E-state index in [0.717, 1.165) is 11.8 Å². The molecule has 20 heavy (non-hydrogen) atoms. The largest absolute Gasteiger partial charge is 0.418 e. The highest BCUT2D eigenvalue weighted by molar-refractivity contribution is 5.91. The summed E-state index contributed by atoms with van der Waals surface area (Å²) in [4.78, 5) is 14.6. The zero-order valence-electron chi connectivity index (χ0n) is 10.5. The van der Waals surface area contributed by atoms with E-state index in [-0.39, 0.29) is 12.1 Å². The van der Waals surface area contributed by atoms with E-state index in [0.29, 0.717) is 6.42 Å². The number of carbonyl (C=O) groups excluding carboxylic acids is 1. The SMILES string of the molecule is O=C(CCc1ccc[nH]1)Nc1ccccc1C(F)(F)F. The Kier molecular flexibility index (Phi) is 4.12. The molecule has 1 heterocycles. The number of amides is 1. The number of rotatable bonds is 4. The summed E-state index contributed by atoms with van der Waals surface area (Å²) in [5.41, 5.74) is -0.186. The summed E-state index contributed by atoms with van der Waals surface area (Å²) in [5.74, 6) is -0.448. The highest BCUT2D eigenvalue weighted by Crippen LogP contribution is 2.34. The van der Waals surface area contributed by atoms with Crippen LogP contribution in [0.3, 0.4) is 0 Å². The molecule has 0 radical (unpaired) electrons. The van der Waals surface area contributed by atoms with Gasteiger partial charge in [-0.05, 0) is 30.7 Å². The number of aromatic amines is 1. The van der Waals surface area contributed by atoms with Crippen molar-refractivity contribution in [2.75, 3.05) is 5.32 Å². The number of benzene rings is 1. The van der Waals surface area contributed by atoms with Crippen LogP contribution in [0.25, 0.3) is 0 Å². The standard InChI is InChI=1S/C14H13F3N2O/c15-14(16,17)11-5-1-2-6-12(11)19-13(20)8-7-10-4-3-9-18-10/h1-6,9,18H,7-8H2,(H,19,20). The van der Waals surface area contributed by atoms with E-state index in [1.54, 1.807) is 12.3 Å². The maximum absolute atomic E-state index is 12.8. The number of anilines is 1. The first kappa shape index (κ1) is 14.2. The fourth-order valence-corrected chi connectivity index (χ4v) is 1.82. The van der Waals surface area contributed by atoms with Gasteiger partial charge in [-0.3, -0.25) is 4.79 Å². The molecule has 3 nitrogen and oxygen atoms in total. The van der Waals surface area contributed by atoms with Gasteiger partial charge in [0.1, 0.15) is 0 Å². The Labute approximate surface area is 113 Å². The van der Waals surface area contributed by atoms with Crippen LogP contribution in [0.4, 0.5) is 18.9 Å². The van der Waals surface area contributed by atoms with Crippen LogP contribution in [0.1, 0.15) is 17.7 Å². The Morgan fingerprint density at radius 1 is 1.15 bits per heavy atom. The summed E-state index contributed by atoms with van der Waals surface area (Å²) in [6.45, 7) is 0. The minimum atomic E-state index is -4.48. The van der Waals surface area contributed by atoms with Gasteiger partial charge in [0.05, 0.1) is 11.3 Å². The van der Waals surface area contributed by atoms with E-state index in [1.807, 2.05) is 6.07 Å². The lowest BCUT2D eigenvalue weighted by atomic mass is 10.1. The molecule has 6 heteroatoms. The first-order valence-corrected chi connectivity index (χ1v) is 6.05. The molecule has 1 amide bonds. The van der Waals surface area contributed by atoms with Crippen molar-refractivity contribution < 1.29 is 18.0 Å². The van der Waals surface area contributed by atoms with Crippen LogP contribution in [0, 0.1) is 0 Å². The molecule has 0 bridgehead atoms. The number of nitrogens with one attached hydrogen (secondary N) is 2. The Hall–Kier alpha value is -2.24. The van der Waals surface area contributed by atoms with Gasteiger partial charge in [-0.25, -0.2) is 0 Å². The quantitative estimate of drug-likeness (QED) is 0.884. The molecule has 0 spiro atoms. The van der Waals surface area contributed by atoms with Crippen LogP contribution in [0.2, 0.25) is 0 Å². The van der Waals surface area contributed by atoms with Crippen molar-refractivity contribution in [3.63, 3.8) is 0 Å². The Bertz CT molecular complexity index is 576. The molecule has 1 aromatic heterocycles. The number of aromatic nitrogens is 1. The normalized spacial score (nSPS) is 11.3. The molecule has 106 valence electrons. The zero-order chi connectivity index (χ0) is 14.6. The molecular weight excluding hydrogens is 269 g/mol. The number of para-hydroxylation sites is 1. The van der Waals surface area contributed by atoms with Gasteiger partial charge in [-0.1, -0.05) is 12.1 Å². The molecule has 0 aliphatic carbocycles. The van der Waals surface area contributed by atoms with E-state index < -0.39 is 17.6 Å². The van der Waals surface area contributed by atoms with E-state index in [2.05, 4.69) is 10.3 Å². The van der Waals surface area contributed by atoms with Gasteiger partial charge in [-0.2, -0.15) is 13.2 Å². The second kappa shape index (κ2) is 5.81. The Balaban J connectivity index is 2.01. The molecule has 0 aliphatic rings. The average Bonchev–Trinajstić information content (AvgIpc) is 2.89. The smallest absolute Gasteiger partial charge is 0.365 e. The maximum Gasteiger partial charge on any atom is 0.418 e. The van der Waals surface area contributed by atoms with E-state index in [9.17, 15) is 18.0 Å². The van der Waals surface area contributed by atoms with Crippen molar-refractivity contribution in [2.24, 2.45) is 0 Å². The van der Waals surface area contributed by atoms with Crippen molar-refractivity contribution in [2.45, 2.75) is 19.0 Å². The number of carbonyl (C=O) groups is 1. The molecule has 0 fully saturated rings. The second-order valence-electron chi connectivity index (χ2n) is 4.29. The summed E-state index contributed by atoms with van der Waals surface area (Å²) in [6.07, 6.45) is -2.19. The van der Waals surface area contributed by atoms with Crippen LogP contribution < -0.4 is 5.32 Å². The van der Waals surface area contributed by atoms with Crippen LogP contribution in [-0.2, 0) is 17.4 Å². The fraction of sp³-hybridized carbons (Fsp3) is 0.214. The molecule has 0 saturated heterocycles. The van der Waals surface area contributed by atoms with Crippen molar-refractivity contribution in [1.82, 2.24) is 4.98 Å². The molecule has 0 unspecified atom stereocenters. The number of alkyl halides is 3. The number of halogens is 3. The number of H-pyrrole nitrogens is 1. The van der Waals surface area contributed by atoms with Crippen molar-refractivity contribution in [1.29, 1.82) is 0 Å². The maximum atomic E-state index is 12.8. The second-order valence-corrected chi connectivity index (χ2v) is 4.29. The topological polar surface area (TPSA) is 44.9 Å². The molecule has 2 N–H and O–H groups in total. The third-order valence-electron chi connectivity index (χ3n) is 2.79. The minimum absolute atomic E-state index is 0.118. The van der Waals surface area contributed by atoms with Crippen LogP contribution >= 0.6 is 0 Å². The third-order valence-corrected chi connectivity index (χ3v) is 2.79. The lowest BCUT2D eigenvalue weighted by Gasteiger charge is -2.13. The summed E-state index contributed by atoms with van der Waals surface area (Å²) < 4.78 is 38.3. The van der Waals surface area contributed by atoms with E-state index in [1.165, 1.54) is 18.2 Å². The third kappa shape index (κ3) is 3.63. The molecule has 2 aromatic rings.